The largest absolute Gasteiger partial charge is 0.492 e. The second-order valence-corrected chi connectivity index (χ2v) is 8.77. The first-order valence-corrected chi connectivity index (χ1v) is 11.5. The first-order chi connectivity index (χ1) is 15.1. The summed E-state index contributed by atoms with van der Waals surface area (Å²) in [5.74, 6) is 1.23. The van der Waals surface area contributed by atoms with Gasteiger partial charge in [-0.05, 0) is 74.9 Å². The van der Waals surface area contributed by atoms with Crippen LogP contribution in [0.2, 0.25) is 0 Å². The van der Waals surface area contributed by atoms with Crippen LogP contribution >= 0.6 is 11.3 Å². The summed E-state index contributed by atoms with van der Waals surface area (Å²) in [4.78, 5) is 17.8. The molecule has 0 atom stereocenters. The average Bonchev–Trinajstić information content (AvgIpc) is 3.37. The van der Waals surface area contributed by atoms with Crippen molar-refractivity contribution in [3.63, 3.8) is 0 Å². The Morgan fingerprint density at radius 1 is 1.16 bits per heavy atom. The molecule has 1 aliphatic rings. The van der Waals surface area contributed by atoms with Crippen LogP contribution in [0.3, 0.4) is 0 Å². The van der Waals surface area contributed by atoms with E-state index in [1.165, 1.54) is 35.3 Å². The van der Waals surface area contributed by atoms with Gasteiger partial charge in [0.15, 0.2) is 0 Å². The lowest BCUT2D eigenvalue weighted by atomic mass is 9.90. The second-order valence-electron chi connectivity index (χ2n) is 7.76. The molecule has 0 saturated heterocycles. The van der Waals surface area contributed by atoms with Crippen molar-refractivity contribution in [1.29, 1.82) is 0 Å². The number of benzene rings is 2. The molecule has 31 heavy (non-hydrogen) atoms. The highest BCUT2D eigenvalue weighted by molar-refractivity contribution is 7.20. The zero-order chi connectivity index (χ0) is 21.4. The molecule has 1 aliphatic carbocycles. The van der Waals surface area contributed by atoms with Gasteiger partial charge in [0.25, 0.3) is 5.91 Å². The maximum atomic E-state index is 13.0. The van der Waals surface area contributed by atoms with E-state index in [1.54, 1.807) is 4.68 Å². The Labute approximate surface area is 184 Å². The molecule has 2 heterocycles. The number of ether oxygens (including phenoxy) is 1. The number of para-hydroxylation sites is 1. The Balaban J connectivity index is 1.47. The Hall–Kier alpha value is -3.19. The SMILES string of the molecule is CCOc1cccc2sc(-n3nc(C)cc3NC(=O)c3ccc4c(c3)CCCC4)nc12. The summed E-state index contributed by atoms with van der Waals surface area (Å²) in [6, 6.07) is 13.8. The molecular weight excluding hydrogens is 408 g/mol. The van der Waals surface area contributed by atoms with E-state index in [-0.39, 0.29) is 5.91 Å². The van der Waals surface area contributed by atoms with Crippen LogP contribution in [-0.2, 0) is 12.8 Å². The Morgan fingerprint density at radius 3 is 2.84 bits per heavy atom. The molecule has 1 N–H and O–H groups in total. The molecule has 0 fully saturated rings. The van der Waals surface area contributed by atoms with Gasteiger partial charge in [-0.3, -0.25) is 4.79 Å². The van der Waals surface area contributed by atoms with E-state index in [0.717, 1.165) is 34.5 Å². The van der Waals surface area contributed by atoms with E-state index >= 15 is 0 Å². The first kappa shape index (κ1) is 19.8. The van der Waals surface area contributed by atoms with Gasteiger partial charge in [-0.15, -0.1) is 0 Å². The zero-order valence-corrected chi connectivity index (χ0v) is 18.5. The van der Waals surface area contributed by atoms with E-state index in [1.807, 2.05) is 50.2 Å². The van der Waals surface area contributed by atoms with Crippen molar-refractivity contribution in [1.82, 2.24) is 14.8 Å². The monoisotopic (exact) mass is 432 g/mol. The van der Waals surface area contributed by atoms with E-state index < -0.39 is 0 Å². The summed E-state index contributed by atoms with van der Waals surface area (Å²) in [6.07, 6.45) is 4.56. The summed E-state index contributed by atoms with van der Waals surface area (Å²) in [5.41, 5.74) is 4.95. The number of nitrogens with zero attached hydrogens (tertiary/aromatic N) is 3. The lowest BCUT2D eigenvalue weighted by molar-refractivity contribution is 0.102. The molecule has 0 bridgehead atoms. The predicted octanol–water partition coefficient (Wildman–Crippen LogP) is 5.32. The molecule has 0 radical (unpaired) electrons. The third-order valence-corrected chi connectivity index (χ3v) is 6.53. The minimum absolute atomic E-state index is 0.134. The summed E-state index contributed by atoms with van der Waals surface area (Å²) >= 11 is 1.52. The lowest BCUT2D eigenvalue weighted by Gasteiger charge is -2.16. The highest BCUT2D eigenvalue weighted by Crippen LogP contribution is 2.33. The van der Waals surface area contributed by atoms with Crippen LogP contribution < -0.4 is 10.1 Å². The maximum absolute atomic E-state index is 13.0. The number of hydrogen-bond donors (Lipinski definition) is 1. The van der Waals surface area contributed by atoms with Crippen molar-refractivity contribution in [2.75, 3.05) is 11.9 Å². The van der Waals surface area contributed by atoms with Crippen molar-refractivity contribution >= 4 is 33.3 Å². The topological polar surface area (TPSA) is 69.0 Å². The number of amides is 1. The van der Waals surface area contributed by atoms with Gasteiger partial charge in [-0.2, -0.15) is 9.78 Å². The molecule has 4 aromatic rings. The summed E-state index contributed by atoms with van der Waals surface area (Å²) in [7, 11) is 0. The van der Waals surface area contributed by atoms with Crippen LogP contribution in [-0.4, -0.2) is 27.3 Å². The summed E-state index contributed by atoms with van der Waals surface area (Å²) in [6.45, 7) is 4.44. The number of carbonyl (C=O) groups is 1. The third-order valence-electron chi connectivity index (χ3n) is 5.54. The number of anilines is 1. The van der Waals surface area contributed by atoms with Crippen LogP contribution in [0.15, 0.2) is 42.5 Å². The lowest BCUT2D eigenvalue weighted by Crippen LogP contribution is -2.16. The van der Waals surface area contributed by atoms with Gasteiger partial charge in [0, 0.05) is 11.6 Å². The van der Waals surface area contributed by atoms with Gasteiger partial charge in [0.05, 0.1) is 17.0 Å². The molecule has 2 aromatic carbocycles. The molecule has 0 unspecified atom stereocenters. The van der Waals surface area contributed by atoms with Crippen LogP contribution in [0.1, 0.15) is 46.9 Å². The number of hydrogen-bond acceptors (Lipinski definition) is 5. The van der Waals surface area contributed by atoms with Gasteiger partial charge in [-0.1, -0.05) is 23.5 Å². The van der Waals surface area contributed by atoms with Gasteiger partial charge in [0.1, 0.15) is 17.1 Å². The van der Waals surface area contributed by atoms with Gasteiger partial charge >= 0.3 is 0 Å². The standard InChI is InChI=1S/C24H24N4O2S/c1-3-30-19-9-6-10-20-22(19)26-24(31-20)28-21(13-15(2)27-28)25-23(29)18-12-11-16-7-4-5-8-17(16)14-18/h6,9-14H,3-5,7-8H2,1-2H3,(H,25,29). The number of thiazole rings is 1. The van der Waals surface area contributed by atoms with Gasteiger partial charge < -0.3 is 10.1 Å². The molecular formula is C24H24N4O2S. The van der Waals surface area contributed by atoms with Crippen molar-refractivity contribution in [2.45, 2.75) is 39.5 Å². The van der Waals surface area contributed by atoms with Crippen LogP contribution in [0.5, 0.6) is 5.75 Å². The summed E-state index contributed by atoms with van der Waals surface area (Å²) < 4.78 is 8.43. The van der Waals surface area contributed by atoms with Crippen LogP contribution in [0.25, 0.3) is 15.3 Å². The van der Waals surface area contributed by atoms with E-state index in [4.69, 9.17) is 9.72 Å². The minimum atomic E-state index is -0.134. The number of rotatable bonds is 5. The molecule has 0 saturated carbocycles. The Kier molecular flexibility index (Phi) is 5.19. The highest BCUT2D eigenvalue weighted by atomic mass is 32.1. The van der Waals surface area contributed by atoms with E-state index in [2.05, 4.69) is 16.5 Å². The van der Waals surface area contributed by atoms with Crippen molar-refractivity contribution in [3.05, 3.63) is 64.8 Å². The van der Waals surface area contributed by atoms with E-state index in [0.29, 0.717) is 23.1 Å². The molecule has 2 aromatic heterocycles. The molecule has 0 aliphatic heterocycles. The summed E-state index contributed by atoms with van der Waals surface area (Å²) in [5, 5.41) is 8.30. The smallest absolute Gasteiger partial charge is 0.256 e. The fraction of sp³-hybridized carbons (Fsp3) is 0.292. The van der Waals surface area contributed by atoms with E-state index in [9.17, 15) is 4.79 Å². The Morgan fingerprint density at radius 2 is 2.00 bits per heavy atom. The normalized spacial score (nSPS) is 13.2. The molecule has 0 spiro atoms. The number of aromatic nitrogens is 3. The highest BCUT2D eigenvalue weighted by Gasteiger charge is 2.18. The van der Waals surface area contributed by atoms with Gasteiger partial charge in [0.2, 0.25) is 5.13 Å². The van der Waals surface area contributed by atoms with Crippen LogP contribution in [0.4, 0.5) is 5.82 Å². The zero-order valence-electron chi connectivity index (χ0n) is 17.6. The van der Waals surface area contributed by atoms with Crippen molar-refractivity contribution in [2.24, 2.45) is 0 Å². The molecule has 1 amide bonds. The fourth-order valence-corrected chi connectivity index (χ4v) is 5.02. The average molecular weight is 433 g/mol. The first-order valence-electron chi connectivity index (χ1n) is 10.6. The minimum Gasteiger partial charge on any atom is -0.492 e. The van der Waals surface area contributed by atoms with Crippen molar-refractivity contribution in [3.8, 4) is 10.9 Å². The number of aryl methyl sites for hydroxylation is 3. The molecule has 6 nitrogen and oxygen atoms in total. The predicted molar refractivity (Wildman–Crippen MR) is 124 cm³/mol. The number of carbonyl (C=O) groups excluding carboxylic acids is 1. The number of nitrogens with one attached hydrogen (secondary N) is 1. The molecule has 5 rings (SSSR count). The number of fused-ring (bicyclic) bond motifs is 2. The second kappa shape index (κ2) is 8.15. The van der Waals surface area contributed by atoms with Gasteiger partial charge in [-0.25, -0.2) is 4.98 Å². The maximum Gasteiger partial charge on any atom is 0.256 e. The van der Waals surface area contributed by atoms with Crippen LogP contribution in [0, 0.1) is 6.92 Å². The Bertz CT molecular complexity index is 1270. The van der Waals surface area contributed by atoms with Crippen molar-refractivity contribution < 1.29 is 9.53 Å². The molecule has 7 heteroatoms. The molecule has 158 valence electrons. The third kappa shape index (κ3) is 3.81. The fourth-order valence-electron chi connectivity index (χ4n) is 4.07. The quantitative estimate of drug-likeness (QED) is 0.463.